The third kappa shape index (κ3) is 2.35. The van der Waals surface area contributed by atoms with Crippen molar-refractivity contribution in [1.29, 1.82) is 0 Å². The van der Waals surface area contributed by atoms with Crippen LogP contribution in [0, 0.1) is 0 Å². The summed E-state index contributed by atoms with van der Waals surface area (Å²) >= 11 is 11.6. The van der Waals surface area contributed by atoms with E-state index >= 15 is 0 Å². The summed E-state index contributed by atoms with van der Waals surface area (Å²) in [5, 5.41) is 20.6. The smallest absolute Gasteiger partial charge is 0.322 e. The number of rotatable bonds is 3. The van der Waals surface area contributed by atoms with Crippen LogP contribution in [-0.4, -0.2) is 34.4 Å². The van der Waals surface area contributed by atoms with Gasteiger partial charge in [-0.25, -0.2) is 0 Å². The molecule has 0 bridgehead atoms. The molecule has 1 aromatic carbocycles. The number of carbonyl (C=O) groups excluding carboxylic acids is 2. The van der Waals surface area contributed by atoms with Crippen LogP contribution in [0.1, 0.15) is 15.9 Å². The number of Topliss-reactive ketones (excluding diaryl/α,β-unsaturated/α-hetero) is 1. The predicted octanol–water partition coefficient (Wildman–Crippen LogP) is 1.66. The second-order valence-corrected chi connectivity index (χ2v) is 4.76. The van der Waals surface area contributed by atoms with E-state index in [4.69, 9.17) is 28.3 Å². The summed E-state index contributed by atoms with van der Waals surface area (Å²) in [5.74, 6) is -3.53. The molecule has 0 unspecified atom stereocenters. The number of carboxylic acids is 1. The largest absolute Gasteiger partial charge is 0.506 e. The van der Waals surface area contributed by atoms with E-state index in [1.807, 2.05) is 5.32 Å². The topological polar surface area (TPSA) is 104 Å². The molecular formula is C12H7Cl2NO5. The lowest BCUT2D eigenvalue weighted by molar-refractivity contribution is -0.137. The average molecular weight is 316 g/mol. The van der Waals surface area contributed by atoms with E-state index in [-0.39, 0.29) is 21.2 Å². The van der Waals surface area contributed by atoms with Crippen LogP contribution in [0.3, 0.4) is 0 Å². The maximum atomic E-state index is 12.0. The van der Waals surface area contributed by atoms with Crippen LogP contribution in [0.2, 0.25) is 10.0 Å². The number of aliphatic hydroxyl groups is 1. The number of halogens is 2. The van der Waals surface area contributed by atoms with Crippen LogP contribution in [0.4, 0.5) is 0 Å². The summed E-state index contributed by atoms with van der Waals surface area (Å²) in [5.41, 5.74) is -0.401. The molecule has 0 heterocycles. The van der Waals surface area contributed by atoms with Crippen LogP contribution in [-0.2, 0) is 9.59 Å². The molecule has 1 aromatic rings. The fourth-order valence-electron chi connectivity index (χ4n) is 1.76. The zero-order valence-electron chi connectivity index (χ0n) is 9.74. The summed E-state index contributed by atoms with van der Waals surface area (Å²) in [4.78, 5) is 34.1. The number of fused-ring (bicyclic) bond motifs is 1. The van der Waals surface area contributed by atoms with Gasteiger partial charge in [-0.3, -0.25) is 14.4 Å². The van der Waals surface area contributed by atoms with Crippen molar-refractivity contribution >= 4 is 46.6 Å². The first-order valence-electron chi connectivity index (χ1n) is 5.30. The standard InChI is InChI=1S/C12H7Cl2NO5/c13-6-1-4-5(2-7(6)14)11(19)9(10(4)18)12(20)15-3-8(16)17/h1-2,18H,3H2,(H,15,20)(H,16,17). The highest BCUT2D eigenvalue weighted by Gasteiger charge is 2.35. The molecule has 0 aliphatic heterocycles. The van der Waals surface area contributed by atoms with Crippen molar-refractivity contribution in [2.45, 2.75) is 0 Å². The zero-order chi connectivity index (χ0) is 15.0. The lowest BCUT2D eigenvalue weighted by Crippen LogP contribution is -2.32. The van der Waals surface area contributed by atoms with Crippen LogP contribution in [0.5, 0.6) is 0 Å². The van der Waals surface area contributed by atoms with Crippen molar-refractivity contribution < 1.29 is 24.6 Å². The van der Waals surface area contributed by atoms with Gasteiger partial charge in [-0.1, -0.05) is 23.2 Å². The van der Waals surface area contributed by atoms with Gasteiger partial charge in [0.1, 0.15) is 17.9 Å². The minimum absolute atomic E-state index is 0.0392. The second kappa shape index (κ2) is 5.15. The summed E-state index contributed by atoms with van der Waals surface area (Å²) in [7, 11) is 0. The molecule has 1 aliphatic carbocycles. The van der Waals surface area contributed by atoms with Crippen LogP contribution in [0.25, 0.3) is 5.76 Å². The Labute approximate surface area is 122 Å². The predicted molar refractivity (Wildman–Crippen MR) is 71.0 cm³/mol. The molecule has 20 heavy (non-hydrogen) atoms. The number of hydrogen-bond donors (Lipinski definition) is 3. The first-order chi connectivity index (χ1) is 9.32. The highest BCUT2D eigenvalue weighted by Crippen LogP contribution is 2.36. The lowest BCUT2D eigenvalue weighted by atomic mass is 10.1. The van der Waals surface area contributed by atoms with Crippen LogP contribution in [0.15, 0.2) is 17.7 Å². The third-order valence-electron chi connectivity index (χ3n) is 2.65. The number of benzene rings is 1. The maximum Gasteiger partial charge on any atom is 0.322 e. The van der Waals surface area contributed by atoms with Crippen molar-refractivity contribution in [3.63, 3.8) is 0 Å². The molecule has 8 heteroatoms. The number of hydrogen-bond acceptors (Lipinski definition) is 4. The van der Waals surface area contributed by atoms with Gasteiger partial charge >= 0.3 is 5.97 Å². The Balaban J connectivity index is 2.40. The Hall–Kier alpha value is -2.05. The molecular weight excluding hydrogens is 309 g/mol. The minimum atomic E-state index is -1.27. The van der Waals surface area contributed by atoms with E-state index in [0.717, 1.165) is 0 Å². The molecule has 1 amide bonds. The molecule has 2 rings (SSSR count). The Morgan fingerprint density at radius 2 is 1.70 bits per heavy atom. The van der Waals surface area contributed by atoms with Crippen molar-refractivity contribution in [3.05, 3.63) is 38.9 Å². The van der Waals surface area contributed by atoms with Gasteiger partial charge in [0.25, 0.3) is 5.91 Å². The molecule has 0 atom stereocenters. The SMILES string of the molecule is O=C(O)CNC(=O)C1=C(O)c2cc(Cl)c(Cl)cc2C1=O. The van der Waals surface area contributed by atoms with E-state index in [2.05, 4.69) is 0 Å². The number of carbonyl (C=O) groups is 3. The van der Waals surface area contributed by atoms with Crippen molar-refractivity contribution in [3.8, 4) is 0 Å². The molecule has 1 aliphatic rings. The van der Waals surface area contributed by atoms with E-state index in [1.54, 1.807) is 0 Å². The van der Waals surface area contributed by atoms with Gasteiger partial charge in [0.05, 0.1) is 10.0 Å². The zero-order valence-corrected chi connectivity index (χ0v) is 11.2. The Morgan fingerprint density at radius 1 is 1.15 bits per heavy atom. The number of nitrogens with one attached hydrogen (secondary N) is 1. The first-order valence-corrected chi connectivity index (χ1v) is 6.06. The summed E-state index contributed by atoms with van der Waals surface area (Å²) in [6.07, 6.45) is 0. The summed E-state index contributed by atoms with van der Waals surface area (Å²) in [6.45, 7) is -0.666. The van der Waals surface area contributed by atoms with Crippen LogP contribution >= 0.6 is 23.2 Å². The Kier molecular flexibility index (Phi) is 3.69. The first kappa shape index (κ1) is 14.4. The number of amides is 1. The number of aliphatic hydroxyl groups excluding tert-OH is 1. The maximum absolute atomic E-state index is 12.0. The van der Waals surface area contributed by atoms with Gasteiger partial charge in [0.15, 0.2) is 0 Å². The van der Waals surface area contributed by atoms with Crippen LogP contribution < -0.4 is 5.32 Å². The quantitative estimate of drug-likeness (QED) is 0.736. The summed E-state index contributed by atoms with van der Waals surface area (Å²) < 4.78 is 0. The van der Waals surface area contributed by atoms with E-state index < -0.39 is 35.5 Å². The molecule has 0 spiro atoms. The van der Waals surface area contributed by atoms with Gasteiger partial charge in [-0.05, 0) is 12.1 Å². The molecule has 0 radical (unpaired) electrons. The average Bonchev–Trinajstić information content (AvgIpc) is 2.60. The van der Waals surface area contributed by atoms with Gasteiger partial charge in [-0.2, -0.15) is 0 Å². The van der Waals surface area contributed by atoms with Gasteiger partial charge in [0, 0.05) is 11.1 Å². The second-order valence-electron chi connectivity index (χ2n) is 3.94. The highest BCUT2D eigenvalue weighted by atomic mass is 35.5. The summed E-state index contributed by atoms with van der Waals surface area (Å²) in [6, 6.07) is 2.51. The molecule has 0 saturated carbocycles. The van der Waals surface area contributed by atoms with E-state index in [9.17, 15) is 19.5 Å². The van der Waals surface area contributed by atoms with Gasteiger partial charge in [-0.15, -0.1) is 0 Å². The number of ketones is 1. The van der Waals surface area contributed by atoms with Gasteiger partial charge in [0.2, 0.25) is 5.78 Å². The van der Waals surface area contributed by atoms with Crippen molar-refractivity contribution in [1.82, 2.24) is 5.32 Å². The molecule has 104 valence electrons. The highest BCUT2D eigenvalue weighted by molar-refractivity contribution is 6.43. The fourth-order valence-corrected chi connectivity index (χ4v) is 2.09. The Morgan fingerprint density at radius 3 is 2.25 bits per heavy atom. The van der Waals surface area contributed by atoms with E-state index in [1.165, 1.54) is 12.1 Å². The monoisotopic (exact) mass is 315 g/mol. The fraction of sp³-hybridized carbons (Fsp3) is 0.0833. The lowest BCUT2D eigenvalue weighted by Gasteiger charge is -2.02. The molecule has 0 saturated heterocycles. The molecule has 3 N–H and O–H groups in total. The molecule has 0 fully saturated rings. The van der Waals surface area contributed by atoms with E-state index in [0.29, 0.717) is 0 Å². The van der Waals surface area contributed by atoms with Crippen molar-refractivity contribution in [2.24, 2.45) is 0 Å². The number of aliphatic carboxylic acids is 1. The minimum Gasteiger partial charge on any atom is -0.506 e. The Bertz CT molecular complexity index is 681. The van der Waals surface area contributed by atoms with Gasteiger partial charge < -0.3 is 15.5 Å². The number of carboxylic acid groups (broad SMARTS) is 1. The molecule has 0 aromatic heterocycles. The normalized spacial score (nSPS) is 13.4. The molecule has 6 nitrogen and oxygen atoms in total. The van der Waals surface area contributed by atoms with Crippen molar-refractivity contribution in [2.75, 3.05) is 6.54 Å². The third-order valence-corrected chi connectivity index (χ3v) is 3.37.